The number of hydrogen-bond donors (Lipinski definition) is 1. The highest BCUT2D eigenvalue weighted by atomic mass is 14.9. The normalized spacial score (nSPS) is 13.5. The minimum atomic E-state index is 1.01. The highest BCUT2D eigenvalue weighted by molar-refractivity contribution is 5.30. The van der Waals surface area contributed by atoms with Crippen LogP contribution in [0.5, 0.6) is 0 Å². The summed E-state index contributed by atoms with van der Waals surface area (Å²) in [5, 5.41) is 3.27. The molecule has 0 aromatic carbocycles. The predicted octanol–water partition coefficient (Wildman–Crippen LogP) is 3.87. The number of hydrogen-bond acceptors (Lipinski definition) is 1. The quantitative estimate of drug-likeness (QED) is 0.643. The van der Waals surface area contributed by atoms with Crippen molar-refractivity contribution < 1.29 is 0 Å². The maximum absolute atomic E-state index is 3.67. The Balaban J connectivity index is 4.64. The molecule has 0 unspecified atom stereocenters. The SMILES string of the molecule is C=C/C=C\C(=C/C)NC(/C=C\C)=C/C=C. The van der Waals surface area contributed by atoms with E-state index in [1.807, 2.05) is 50.3 Å². The molecular formula is C14H19N. The summed E-state index contributed by atoms with van der Waals surface area (Å²) in [5.41, 5.74) is 2.04. The highest BCUT2D eigenvalue weighted by Crippen LogP contribution is 2.00. The molecule has 0 saturated carbocycles. The summed E-state index contributed by atoms with van der Waals surface area (Å²) in [4.78, 5) is 0. The van der Waals surface area contributed by atoms with Gasteiger partial charge < -0.3 is 5.32 Å². The lowest BCUT2D eigenvalue weighted by molar-refractivity contribution is 1.04. The molecule has 0 fully saturated rings. The number of nitrogens with one attached hydrogen (secondary N) is 1. The Bertz CT molecular complexity index is 314. The second-order valence-electron chi connectivity index (χ2n) is 2.82. The number of allylic oxidation sites excluding steroid dienone is 8. The van der Waals surface area contributed by atoms with Gasteiger partial charge in [-0.05, 0) is 32.1 Å². The predicted molar refractivity (Wildman–Crippen MR) is 69.3 cm³/mol. The summed E-state index contributed by atoms with van der Waals surface area (Å²) in [6.07, 6.45) is 15.3. The molecule has 0 aromatic heterocycles. The van der Waals surface area contributed by atoms with Gasteiger partial charge in [0.1, 0.15) is 0 Å². The van der Waals surface area contributed by atoms with E-state index in [1.165, 1.54) is 0 Å². The molecule has 0 aliphatic rings. The van der Waals surface area contributed by atoms with Crippen LogP contribution in [0.25, 0.3) is 0 Å². The van der Waals surface area contributed by atoms with Crippen molar-refractivity contribution in [2.45, 2.75) is 13.8 Å². The summed E-state index contributed by atoms with van der Waals surface area (Å²) in [6, 6.07) is 0. The fourth-order valence-electron chi connectivity index (χ4n) is 0.994. The van der Waals surface area contributed by atoms with Crippen molar-refractivity contribution in [1.82, 2.24) is 5.32 Å². The van der Waals surface area contributed by atoms with Crippen molar-refractivity contribution in [3.8, 4) is 0 Å². The zero-order valence-electron chi connectivity index (χ0n) is 9.53. The first-order chi connectivity index (χ1) is 7.28. The summed E-state index contributed by atoms with van der Waals surface area (Å²) in [6.45, 7) is 11.3. The molecule has 0 aliphatic carbocycles. The van der Waals surface area contributed by atoms with E-state index in [0.717, 1.165) is 11.4 Å². The van der Waals surface area contributed by atoms with Crippen LogP contribution in [0.1, 0.15) is 13.8 Å². The van der Waals surface area contributed by atoms with Gasteiger partial charge in [0.25, 0.3) is 0 Å². The molecule has 0 bridgehead atoms. The van der Waals surface area contributed by atoms with Crippen molar-refractivity contribution >= 4 is 0 Å². The van der Waals surface area contributed by atoms with Crippen LogP contribution in [-0.2, 0) is 0 Å². The van der Waals surface area contributed by atoms with Crippen LogP contribution >= 0.6 is 0 Å². The van der Waals surface area contributed by atoms with Gasteiger partial charge in [0.05, 0.1) is 0 Å². The lowest BCUT2D eigenvalue weighted by atomic mass is 10.3. The van der Waals surface area contributed by atoms with Crippen LogP contribution in [0.4, 0.5) is 0 Å². The van der Waals surface area contributed by atoms with Crippen molar-refractivity contribution in [2.24, 2.45) is 0 Å². The standard InChI is InChI=1S/C14H19N/c1-5-9-12-13(8-4)15-14(10-6-2)11-7-3/h5-12,15H,1-2H2,3-4H3/b11-7-,12-9-,13-8+,14-10+. The summed E-state index contributed by atoms with van der Waals surface area (Å²) < 4.78 is 0. The largest absolute Gasteiger partial charge is 0.356 e. The Morgan fingerprint density at radius 3 is 2.20 bits per heavy atom. The van der Waals surface area contributed by atoms with Gasteiger partial charge in [-0.1, -0.05) is 43.5 Å². The van der Waals surface area contributed by atoms with Crippen molar-refractivity contribution in [1.29, 1.82) is 0 Å². The van der Waals surface area contributed by atoms with Gasteiger partial charge in [0, 0.05) is 11.4 Å². The summed E-state index contributed by atoms with van der Waals surface area (Å²) in [5.74, 6) is 0. The maximum atomic E-state index is 3.67. The van der Waals surface area contributed by atoms with Gasteiger partial charge >= 0.3 is 0 Å². The third kappa shape index (κ3) is 6.33. The van der Waals surface area contributed by atoms with Gasteiger partial charge in [-0.15, -0.1) is 0 Å². The van der Waals surface area contributed by atoms with Gasteiger partial charge in [0.2, 0.25) is 0 Å². The Morgan fingerprint density at radius 2 is 1.73 bits per heavy atom. The average Bonchev–Trinajstić information content (AvgIpc) is 2.24. The molecule has 0 spiro atoms. The van der Waals surface area contributed by atoms with E-state index in [1.54, 1.807) is 12.2 Å². The fourth-order valence-corrected chi connectivity index (χ4v) is 0.994. The van der Waals surface area contributed by atoms with Crippen LogP contribution in [-0.4, -0.2) is 0 Å². The van der Waals surface area contributed by atoms with Crippen LogP contribution in [0.3, 0.4) is 0 Å². The van der Waals surface area contributed by atoms with E-state index in [2.05, 4.69) is 18.5 Å². The van der Waals surface area contributed by atoms with Crippen molar-refractivity contribution in [3.63, 3.8) is 0 Å². The molecule has 0 aromatic rings. The molecule has 0 heterocycles. The van der Waals surface area contributed by atoms with E-state index in [0.29, 0.717) is 0 Å². The van der Waals surface area contributed by atoms with Crippen molar-refractivity contribution in [3.05, 3.63) is 73.2 Å². The molecule has 1 N–H and O–H groups in total. The van der Waals surface area contributed by atoms with E-state index in [4.69, 9.17) is 0 Å². The molecule has 1 heteroatoms. The first kappa shape index (κ1) is 13.2. The minimum Gasteiger partial charge on any atom is -0.356 e. The Morgan fingerprint density at radius 1 is 1.00 bits per heavy atom. The highest BCUT2D eigenvalue weighted by Gasteiger charge is 1.91. The van der Waals surface area contributed by atoms with Gasteiger partial charge in [0.15, 0.2) is 0 Å². The Hall–Kier alpha value is -1.76. The molecule has 0 aliphatic heterocycles. The van der Waals surface area contributed by atoms with E-state index in [9.17, 15) is 0 Å². The molecule has 80 valence electrons. The zero-order valence-corrected chi connectivity index (χ0v) is 9.53. The second-order valence-corrected chi connectivity index (χ2v) is 2.82. The van der Waals surface area contributed by atoms with Crippen LogP contribution < -0.4 is 5.32 Å². The second kappa shape index (κ2) is 8.82. The smallest absolute Gasteiger partial charge is 0.0380 e. The lowest BCUT2D eigenvalue weighted by Gasteiger charge is -2.06. The van der Waals surface area contributed by atoms with E-state index in [-0.39, 0.29) is 0 Å². The maximum Gasteiger partial charge on any atom is 0.0380 e. The molecule has 0 amide bonds. The van der Waals surface area contributed by atoms with Crippen LogP contribution in [0.15, 0.2) is 73.2 Å². The topological polar surface area (TPSA) is 12.0 Å². The van der Waals surface area contributed by atoms with Gasteiger partial charge in [-0.2, -0.15) is 0 Å². The van der Waals surface area contributed by atoms with Crippen LogP contribution in [0.2, 0.25) is 0 Å². The molecule has 15 heavy (non-hydrogen) atoms. The third-order valence-electron chi connectivity index (χ3n) is 1.66. The average molecular weight is 201 g/mol. The fraction of sp³-hybridized carbons (Fsp3) is 0.143. The monoisotopic (exact) mass is 201 g/mol. The number of rotatable bonds is 6. The van der Waals surface area contributed by atoms with Gasteiger partial charge in [-0.3, -0.25) is 0 Å². The Kier molecular flexibility index (Phi) is 7.79. The van der Waals surface area contributed by atoms with Crippen molar-refractivity contribution in [2.75, 3.05) is 0 Å². The van der Waals surface area contributed by atoms with E-state index < -0.39 is 0 Å². The first-order valence-corrected chi connectivity index (χ1v) is 4.96. The molecular weight excluding hydrogens is 182 g/mol. The lowest BCUT2D eigenvalue weighted by Crippen LogP contribution is -2.09. The minimum absolute atomic E-state index is 1.01. The molecule has 1 nitrogen and oxygen atoms in total. The molecule has 0 saturated heterocycles. The molecule has 0 rings (SSSR count). The zero-order chi connectivity index (χ0) is 11.5. The van der Waals surface area contributed by atoms with Crippen LogP contribution in [0, 0.1) is 0 Å². The molecule has 0 atom stereocenters. The Labute approximate surface area is 92.9 Å². The third-order valence-corrected chi connectivity index (χ3v) is 1.66. The summed E-state index contributed by atoms with van der Waals surface area (Å²) >= 11 is 0. The summed E-state index contributed by atoms with van der Waals surface area (Å²) in [7, 11) is 0. The van der Waals surface area contributed by atoms with Gasteiger partial charge in [-0.25, -0.2) is 0 Å². The first-order valence-electron chi connectivity index (χ1n) is 4.96. The van der Waals surface area contributed by atoms with E-state index >= 15 is 0 Å². The molecule has 0 radical (unpaired) electrons.